The van der Waals surface area contributed by atoms with Crippen LogP contribution in [0.15, 0.2) is 35.6 Å². The Bertz CT molecular complexity index is 1430. The molecule has 3 N–H and O–H groups in total. The Kier molecular flexibility index (Phi) is 7.89. The molecule has 1 amide bonds. The minimum atomic E-state index is -0.501. The number of aliphatic imine (C=N–C) groups is 1. The fourth-order valence-corrected chi connectivity index (χ4v) is 7.28. The van der Waals surface area contributed by atoms with E-state index < -0.39 is 5.82 Å². The number of ether oxygens (including phenoxy) is 1. The number of fused-ring (bicyclic) bond motifs is 4. The third kappa shape index (κ3) is 4.88. The van der Waals surface area contributed by atoms with Gasteiger partial charge in [0.05, 0.1) is 30.1 Å². The Morgan fingerprint density at radius 2 is 1.95 bits per heavy atom. The van der Waals surface area contributed by atoms with Gasteiger partial charge in [-0.15, -0.1) is 0 Å². The number of amides is 1. The predicted molar refractivity (Wildman–Crippen MR) is 153 cm³/mol. The molecule has 3 aromatic rings. The lowest BCUT2D eigenvalue weighted by atomic mass is 9.57. The highest BCUT2D eigenvalue weighted by Crippen LogP contribution is 2.50. The molecule has 0 spiro atoms. The molecule has 200 valence electrons. The van der Waals surface area contributed by atoms with E-state index in [1.807, 2.05) is 0 Å². The number of H-pyrrole nitrogens is 1. The third-order valence-electron chi connectivity index (χ3n) is 7.67. The molecule has 9 nitrogen and oxygen atoms in total. The summed E-state index contributed by atoms with van der Waals surface area (Å²) in [5.74, 6) is -1.38. The van der Waals surface area contributed by atoms with E-state index in [1.165, 1.54) is 15.2 Å². The SMILES string of the molecule is CCOC(=O)C1C2CCC(CC2)C1/C(=N/C(=N)c1cn(SI)c2ncc(F)cc12)c1ccc(C(=O)NC)[nH]1. The monoisotopic (exact) mass is 650 g/mol. The van der Waals surface area contributed by atoms with Gasteiger partial charge in [0.1, 0.15) is 11.5 Å². The van der Waals surface area contributed by atoms with Gasteiger partial charge in [0.15, 0.2) is 11.5 Å². The van der Waals surface area contributed by atoms with E-state index in [9.17, 15) is 14.0 Å². The smallest absolute Gasteiger partial charge is 0.309 e. The Balaban J connectivity index is 1.65. The molecule has 2 bridgehead atoms. The molecule has 3 aliphatic carbocycles. The number of nitrogens with one attached hydrogen (secondary N) is 3. The lowest BCUT2D eigenvalue weighted by molar-refractivity contribution is -0.156. The number of hydrogen-bond acceptors (Lipinski definition) is 6. The highest BCUT2D eigenvalue weighted by Gasteiger charge is 2.50. The van der Waals surface area contributed by atoms with Crippen molar-refractivity contribution in [2.24, 2.45) is 28.7 Å². The molecule has 0 aromatic carbocycles. The minimum absolute atomic E-state index is 0.0678. The summed E-state index contributed by atoms with van der Waals surface area (Å²) in [5, 5.41) is 12.1. The zero-order valence-corrected chi connectivity index (χ0v) is 23.9. The quantitative estimate of drug-likeness (QED) is 0.141. The van der Waals surface area contributed by atoms with Crippen LogP contribution in [0.2, 0.25) is 0 Å². The average Bonchev–Trinajstić information content (AvgIpc) is 3.56. The van der Waals surface area contributed by atoms with Crippen molar-refractivity contribution in [1.82, 2.24) is 19.3 Å². The molecule has 0 saturated heterocycles. The van der Waals surface area contributed by atoms with Gasteiger partial charge in [0, 0.05) is 60.4 Å². The topological polar surface area (TPSA) is 125 Å². The van der Waals surface area contributed by atoms with Gasteiger partial charge < -0.3 is 15.0 Å². The van der Waals surface area contributed by atoms with E-state index in [-0.39, 0.29) is 48.0 Å². The summed E-state index contributed by atoms with van der Waals surface area (Å²) in [6.07, 6.45) is 6.69. The highest BCUT2D eigenvalue weighted by atomic mass is 127. The van der Waals surface area contributed by atoms with E-state index in [1.54, 1.807) is 36.3 Å². The summed E-state index contributed by atoms with van der Waals surface area (Å²) in [6.45, 7) is 2.09. The molecule has 2 unspecified atom stereocenters. The average molecular weight is 651 g/mol. The minimum Gasteiger partial charge on any atom is -0.466 e. The standard InChI is InChI=1S/C26H28FIN6O3S/c1-3-37-26(36)21-14-6-4-13(5-7-14)20(21)22(18-8-9-19(32-18)25(35)30-2)33-23(29)17-12-34(38-28)24-16(17)10-15(27)11-31-24/h8-14,20-21,29,32H,3-7H2,1-2H3,(H,30,35)/b29-23?,33-22+. The summed E-state index contributed by atoms with van der Waals surface area (Å²) in [5.41, 5.74) is 2.45. The first kappa shape index (κ1) is 26.9. The van der Waals surface area contributed by atoms with Crippen molar-refractivity contribution in [1.29, 1.82) is 5.41 Å². The fourth-order valence-electron chi connectivity index (χ4n) is 6.02. The number of rotatable bonds is 7. The van der Waals surface area contributed by atoms with Crippen LogP contribution in [-0.4, -0.2) is 51.0 Å². The van der Waals surface area contributed by atoms with Crippen LogP contribution >= 0.6 is 30.3 Å². The maximum atomic E-state index is 14.2. The summed E-state index contributed by atoms with van der Waals surface area (Å²) in [6, 6.07) is 4.80. The van der Waals surface area contributed by atoms with Gasteiger partial charge in [-0.25, -0.2) is 14.4 Å². The summed E-state index contributed by atoms with van der Waals surface area (Å²) in [4.78, 5) is 37.8. The van der Waals surface area contributed by atoms with Crippen LogP contribution < -0.4 is 5.32 Å². The lowest BCUT2D eigenvalue weighted by Gasteiger charge is -2.47. The molecule has 0 radical (unpaired) electrons. The van der Waals surface area contributed by atoms with Crippen molar-refractivity contribution < 1.29 is 18.7 Å². The highest BCUT2D eigenvalue weighted by molar-refractivity contribution is 14.2. The largest absolute Gasteiger partial charge is 0.466 e. The molecule has 3 saturated carbocycles. The molecule has 3 fully saturated rings. The Labute approximate surface area is 235 Å². The molecule has 38 heavy (non-hydrogen) atoms. The summed E-state index contributed by atoms with van der Waals surface area (Å²) >= 11 is 2.10. The molecule has 3 aliphatic rings. The van der Waals surface area contributed by atoms with E-state index in [0.29, 0.717) is 33.7 Å². The second-order valence-electron chi connectivity index (χ2n) is 9.65. The number of pyridine rings is 1. The Morgan fingerprint density at radius 3 is 2.61 bits per heavy atom. The van der Waals surface area contributed by atoms with Gasteiger partial charge in [-0.05, 0) is 62.6 Å². The zero-order valence-electron chi connectivity index (χ0n) is 21.0. The van der Waals surface area contributed by atoms with Crippen molar-refractivity contribution in [3.8, 4) is 0 Å². The lowest BCUT2D eigenvalue weighted by Crippen LogP contribution is -2.48. The Morgan fingerprint density at radius 1 is 1.26 bits per heavy atom. The van der Waals surface area contributed by atoms with Crippen LogP contribution in [0.25, 0.3) is 11.0 Å². The number of esters is 1. The summed E-state index contributed by atoms with van der Waals surface area (Å²) < 4.78 is 21.4. The van der Waals surface area contributed by atoms with Crippen LogP contribution in [0.5, 0.6) is 0 Å². The maximum absolute atomic E-state index is 14.2. The van der Waals surface area contributed by atoms with Gasteiger partial charge in [0.25, 0.3) is 5.91 Å². The number of aromatic amines is 1. The van der Waals surface area contributed by atoms with E-state index in [0.717, 1.165) is 31.9 Å². The normalized spacial score (nSPS) is 23.0. The molecule has 3 heterocycles. The second-order valence-corrected chi connectivity index (χ2v) is 11.4. The van der Waals surface area contributed by atoms with E-state index >= 15 is 0 Å². The zero-order chi connectivity index (χ0) is 27.0. The van der Waals surface area contributed by atoms with Gasteiger partial charge in [-0.3, -0.25) is 19.0 Å². The molecule has 0 aliphatic heterocycles. The number of amidine groups is 1. The summed E-state index contributed by atoms with van der Waals surface area (Å²) in [7, 11) is 2.91. The molecule has 2 atom stereocenters. The number of hydrogen-bond donors (Lipinski definition) is 3. The first-order chi connectivity index (χ1) is 18.4. The number of carbonyl (C=O) groups excluding carboxylic acids is 2. The van der Waals surface area contributed by atoms with Gasteiger partial charge >= 0.3 is 5.97 Å². The van der Waals surface area contributed by atoms with Crippen LogP contribution in [0, 0.1) is 34.9 Å². The van der Waals surface area contributed by atoms with Crippen molar-refractivity contribution in [3.05, 3.63) is 53.4 Å². The van der Waals surface area contributed by atoms with Crippen molar-refractivity contribution in [2.75, 3.05) is 13.7 Å². The number of carbonyl (C=O) groups is 2. The van der Waals surface area contributed by atoms with Crippen molar-refractivity contribution >= 4 is 64.8 Å². The maximum Gasteiger partial charge on any atom is 0.309 e. The molecule has 12 heteroatoms. The van der Waals surface area contributed by atoms with Crippen molar-refractivity contribution in [3.63, 3.8) is 0 Å². The fraction of sp³-hybridized carbons (Fsp3) is 0.423. The number of aromatic nitrogens is 3. The number of nitrogens with zero attached hydrogens (tertiary/aromatic N) is 3. The van der Waals surface area contributed by atoms with Crippen LogP contribution in [0.3, 0.4) is 0 Å². The van der Waals surface area contributed by atoms with Crippen LogP contribution in [-0.2, 0) is 9.53 Å². The third-order valence-corrected chi connectivity index (χ3v) is 9.37. The number of halogens is 2. The first-order valence-electron chi connectivity index (χ1n) is 12.6. The van der Waals surface area contributed by atoms with Gasteiger partial charge in [-0.2, -0.15) is 0 Å². The molecule has 3 aromatic heterocycles. The van der Waals surface area contributed by atoms with Gasteiger partial charge in [0.2, 0.25) is 0 Å². The van der Waals surface area contributed by atoms with E-state index in [2.05, 4.69) is 36.5 Å². The first-order valence-corrected chi connectivity index (χ1v) is 15.9. The molecular formula is C26H28FIN6O3S. The van der Waals surface area contributed by atoms with Crippen molar-refractivity contribution in [2.45, 2.75) is 32.6 Å². The predicted octanol–water partition coefficient (Wildman–Crippen LogP) is 5.14. The molecule has 6 rings (SSSR count). The van der Waals surface area contributed by atoms with Crippen LogP contribution in [0.1, 0.15) is 54.4 Å². The van der Waals surface area contributed by atoms with Gasteiger partial charge in [-0.1, -0.05) is 0 Å². The second kappa shape index (κ2) is 11.2. The molecular weight excluding hydrogens is 622 g/mol. The van der Waals surface area contributed by atoms with Crippen LogP contribution in [0.4, 0.5) is 4.39 Å². The van der Waals surface area contributed by atoms with E-state index in [4.69, 9.17) is 15.1 Å². The Hall–Kier alpha value is -2.74.